The summed E-state index contributed by atoms with van der Waals surface area (Å²) in [5.41, 5.74) is 1.52. The molecule has 0 aliphatic heterocycles. The Kier molecular flexibility index (Phi) is 5.04. The standard InChI is InChI=1S/C12H12N2O2.Ru/c1-15-9-3-5-13-11(7-9)12-8-10(16-2)4-6-14-12;/h3-8H,1-2H3;/q;+2. The minimum Gasteiger partial charge on any atom is -0.497 e. The molecule has 2 rings (SSSR count). The van der Waals surface area contributed by atoms with Crippen LogP contribution < -0.4 is 9.47 Å². The summed E-state index contributed by atoms with van der Waals surface area (Å²) in [6, 6.07) is 7.26. The molecular weight excluding hydrogens is 305 g/mol. The maximum absolute atomic E-state index is 5.13. The Morgan fingerprint density at radius 3 is 1.59 bits per heavy atom. The monoisotopic (exact) mass is 318 g/mol. The number of methoxy groups -OCH3 is 2. The van der Waals surface area contributed by atoms with Crippen molar-refractivity contribution in [2.45, 2.75) is 0 Å². The summed E-state index contributed by atoms with van der Waals surface area (Å²) < 4.78 is 10.3. The number of nitrogens with zero attached hydrogens (tertiary/aromatic N) is 2. The average Bonchev–Trinajstić information content (AvgIpc) is 2.39. The zero-order valence-corrected chi connectivity index (χ0v) is 11.3. The maximum atomic E-state index is 5.13. The van der Waals surface area contributed by atoms with Crippen LogP contribution in [-0.2, 0) is 19.5 Å². The molecule has 0 radical (unpaired) electrons. The van der Waals surface area contributed by atoms with Crippen molar-refractivity contribution in [1.29, 1.82) is 0 Å². The van der Waals surface area contributed by atoms with Crippen molar-refractivity contribution in [1.82, 2.24) is 9.97 Å². The molecule has 0 fully saturated rings. The van der Waals surface area contributed by atoms with Crippen LogP contribution in [-0.4, -0.2) is 24.2 Å². The second-order valence-electron chi connectivity index (χ2n) is 3.16. The van der Waals surface area contributed by atoms with Gasteiger partial charge in [0.15, 0.2) is 0 Å². The minimum atomic E-state index is 0. The first-order valence-electron chi connectivity index (χ1n) is 4.84. The van der Waals surface area contributed by atoms with Crippen LogP contribution in [0.3, 0.4) is 0 Å². The number of hydrogen-bond acceptors (Lipinski definition) is 4. The fourth-order valence-electron chi connectivity index (χ4n) is 1.36. The number of ether oxygens (including phenoxy) is 2. The average molecular weight is 317 g/mol. The Morgan fingerprint density at radius 2 is 1.24 bits per heavy atom. The molecule has 0 aromatic carbocycles. The molecule has 5 heteroatoms. The van der Waals surface area contributed by atoms with Crippen LogP contribution in [0.15, 0.2) is 36.7 Å². The van der Waals surface area contributed by atoms with Gasteiger partial charge in [-0.1, -0.05) is 0 Å². The Bertz CT molecular complexity index is 446. The summed E-state index contributed by atoms with van der Waals surface area (Å²) in [7, 11) is 3.25. The van der Waals surface area contributed by atoms with Gasteiger partial charge in [0, 0.05) is 24.5 Å². The molecule has 0 saturated heterocycles. The Morgan fingerprint density at radius 1 is 0.824 bits per heavy atom. The first-order chi connectivity index (χ1) is 7.83. The van der Waals surface area contributed by atoms with Gasteiger partial charge in [0.1, 0.15) is 11.5 Å². The van der Waals surface area contributed by atoms with Gasteiger partial charge < -0.3 is 9.47 Å². The van der Waals surface area contributed by atoms with Gasteiger partial charge in [0.25, 0.3) is 0 Å². The Balaban J connectivity index is 0.00000144. The molecule has 4 nitrogen and oxygen atoms in total. The quantitative estimate of drug-likeness (QED) is 0.814. The van der Waals surface area contributed by atoms with E-state index in [0.717, 1.165) is 22.9 Å². The molecule has 0 amide bonds. The summed E-state index contributed by atoms with van der Waals surface area (Å²) in [6.45, 7) is 0. The van der Waals surface area contributed by atoms with Gasteiger partial charge in [-0.05, 0) is 12.1 Å². The van der Waals surface area contributed by atoms with Crippen LogP contribution in [0.2, 0.25) is 0 Å². The summed E-state index contributed by atoms with van der Waals surface area (Å²) >= 11 is 0. The number of rotatable bonds is 3. The van der Waals surface area contributed by atoms with E-state index >= 15 is 0 Å². The summed E-state index contributed by atoms with van der Waals surface area (Å²) in [6.07, 6.45) is 3.38. The molecule has 0 atom stereocenters. The molecule has 0 N–H and O–H groups in total. The van der Waals surface area contributed by atoms with Gasteiger partial charge >= 0.3 is 19.5 Å². The third kappa shape index (κ3) is 3.24. The largest absolute Gasteiger partial charge is 2.00 e. The SMILES string of the molecule is COc1ccnc(-c2cc(OC)ccn2)c1.[Ru+2]. The molecular formula is C12H12N2O2Ru+2. The van der Waals surface area contributed by atoms with E-state index in [1.807, 2.05) is 12.1 Å². The van der Waals surface area contributed by atoms with Crippen LogP contribution in [0.1, 0.15) is 0 Å². The van der Waals surface area contributed by atoms with Gasteiger partial charge in [-0.15, -0.1) is 0 Å². The predicted octanol–water partition coefficient (Wildman–Crippen LogP) is 2.16. The third-order valence-electron chi connectivity index (χ3n) is 2.20. The third-order valence-corrected chi connectivity index (χ3v) is 2.20. The van der Waals surface area contributed by atoms with Gasteiger partial charge in [-0.25, -0.2) is 0 Å². The van der Waals surface area contributed by atoms with Gasteiger partial charge in [0.2, 0.25) is 0 Å². The second kappa shape index (κ2) is 6.31. The first kappa shape index (κ1) is 13.6. The van der Waals surface area contributed by atoms with Crippen LogP contribution in [0.25, 0.3) is 11.4 Å². The van der Waals surface area contributed by atoms with Gasteiger partial charge in [-0.3, -0.25) is 9.97 Å². The van der Waals surface area contributed by atoms with Gasteiger partial charge in [-0.2, -0.15) is 0 Å². The number of hydrogen-bond donors (Lipinski definition) is 0. The fourth-order valence-corrected chi connectivity index (χ4v) is 1.36. The Hall–Kier alpha value is -1.48. The van der Waals surface area contributed by atoms with Gasteiger partial charge in [0.05, 0.1) is 25.6 Å². The molecule has 0 bridgehead atoms. The fraction of sp³-hybridized carbons (Fsp3) is 0.167. The van der Waals surface area contributed by atoms with Crippen LogP contribution in [0.4, 0.5) is 0 Å². The molecule has 0 spiro atoms. The molecule has 2 heterocycles. The van der Waals surface area contributed by atoms with E-state index in [1.54, 1.807) is 38.7 Å². The van der Waals surface area contributed by atoms with Crippen molar-refractivity contribution in [2.24, 2.45) is 0 Å². The van der Waals surface area contributed by atoms with E-state index in [0.29, 0.717) is 0 Å². The van der Waals surface area contributed by atoms with Crippen molar-refractivity contribution < 1.29 is 29.0 Å². The van der Waals surface area contributed by atoms with Crippen LogP contribution >= 0.6 is 0 Å². The van der Waals surface area contributed by atoms with E-state index in [2.05, 4.69) is 9.97 Å². The first-order valence-corrected chi connectivity index (χ1v) is 4.84. The summed E-state index contributed by atoms with van der Waals surface area (Å²) in [5, 5.41) is 0. The van der Waals surface area contributed by atoms with Crippen molar-refractivity contribution >= 4 is 0 Å². The maximum Gasteiger partial charge on any atom is 2.00 e. The van der Waals surface area contributed by atoms with E-state index in [1.165, 1.54) is 0 Å². The molecule has 88 valence electrons. The normalized spacial score (nSPS) is 9.29. The number of pyridine rings is 2. The van der Waals surface area contributed by atoms with E-state index in [9.17, 15) is 0 Å². The predicted molar refractivity (Wildman–Crippen MR) is 60.6 cm³/mol. The second-order valence-corrected chi connectivity index (χ2v) is 3.16. The smallest absolute Gasteiger partial charge is 0.497 e. The number of aromatic nitrogens is 2. The van der Waals surface area contributed by atoms with Crippen molar-refractivity contribution in [3.63, 3.8) is 0 Å². The van der Waals surface area contributed by atoms with Crippen LogP contribution in [0.5, 0.6) is 11.5 Å². The molecule has 0 unspecified atom stereocenters. The molecule has 2 aromatic heterocycles. The zero-order chi connectivity index (χ0) is 11.4. The van der Waals surface area contributed by atoms with Crippen LogP contribution in [0, 0.1) is 0 Å². The van der Waals surface area contributed by atoms with E-state index in [-0.39, 0.29) is 19.5 Å². The summed E-state index contributed by atoms with van der Waals surface area (Å²) in [5.74, 6) is 1.52. The van der Waals surface area contributed by atoms with Crippen molar-refractivity contribution in [2.75, 3.05) is 14.2 Å². The van der Waals surface area contributed by atoms with E-state index in [4.69, 9.17) is 9.47 Å². The Labute approximate surface area is 113 Å². The molecule has 0 saturated carbocycles. The molecule has 2 aromatic rings. The molecule has 17 heavy (non-hydrogen) atoms. The van der Waals surface area contributed by atoms with E-state index < -0.39 is 0 Å². The minimum absolute atomic E-state index is 0. The topological polar surface area (TPSA) is 44.2 Å². The molecule has 0 aliphatic rings. The van der Waals surface area contributed by atoms with Crippen molar-refractivity contribution in [3.8, 4) is 22.9 Å². The van der Waals surface area contributed by atoms with Crippen molar-refractivity contribution in [3.05, 3.63) is 36.7 Å². The summed E-state index contributed by atoms with van der Waals surface area (Å²) in [4.78, 5) is 8.47. The molecule has 0 aliphatic carbocycles. The zero-order valence-electron chi connectivity index (χ0n) is 9.53.